The molecule has 0 aromatic carbocycles. The van der Waals surface area contributed by atoms with Crippen molar-refractivity contribution < 1.29 is 4.79 Å². The summed E-state index contributed by atoms with van der Waals surface area (Å²) in [6, 6.07) is 5.93. The number of nitrogens with one attached hydrogen (secondary N) is 1. The van der Waals surface area contributed by atoms with Crippen molar-refractivity contribution in [3.05, 3.63) is 33.3 Å². The number of Topliss-reactive ketones (excluding diaryl/α,β-unsaturated/α-hetero) is 1. The maximum absolute atomic E-state index is 11.6. The Hall–Kier alpha value is -1.33. The van der Waals surface area contributed by atoms with Gasteiger partial charge in [0.1, 0.15) is 0 Å². The van der Waals surface area contributed by atoms with Crippen LogP contribution in [0, 0.1) is 0 Å². The molecule has 0 saturated carbocycles. The van der Waals surface area contributed by atoms with Gasteiger partial charge >= 0.3 is 0 Å². The first-order valence-electron chi connectivity index (χ1n) is 5.39. The first kappa shape index (κ1) is 12.1. The highest BCUT2D eigenvalue weighted by atomic mass is 32.1. The van der Waals surface area contributed by atoms with Gasteiger partial charge in [-0.1, -0.05) is 13.0 Å². The molecule has 0 aliphatic heterocycles. The summed E-state index contributed by atoms with van der Waals surface area (Å²) in [5.74, 6) is 0.108. The first-order chi connectivity index (χ1) is 8.20. The van der Waals surface area contributed by atoms with E-state index < -0.39 is 0 Å². The Morgan fingerprint density at radius 1 is 1.53 bits per heavy atom. The number of nitrogen functional groups attached to an aromatic ring is 1. The molecule has 0 amide bonds. The Morgan fingerprint density at radius 2 is 2.35 bits per heavy atom. The Labute approximate surface area is 108 Å². The van der Waals surface area contributed by atoms with Crippen LogP contribution in [0.3, 0.4) is 0 Å². The van der Waals surface area contributed by atoms with Crippen LogP contribution in [0.1, 0.15) is 27.9 Å². The summed E-state index contributed by atoms with van der Waals surface area (Å²) in [6.45, 7) is 2.62. The number of ketones is 1. The van der Waals surface area contributed by atoms with Gasteiger partial charge < -0.3 is 11.1 Å². The number of nitrogens with two attached hydrogens (primary N) is 1. The number of hydrogen-bond acceptors (Lipinski definition) is 5. The molecule has 0 aliphatic carbocycles. The van der Waals surface area contributed by atoms with Crippen LogP contribution in [-0.4, -0.2) is 5.78 Å². The van der Waals surface area contributed by atoms with Gasteiger partial charge in [-0.05, 0) is 17.5 Å². The molecule has 0 aliphatic rings. The van der Waals surface area contributed by atoms with Gasteiger partial charge in [0.25, 0.3) is 0 Å². The molecule has 3 nitrogen and oxygen atoms in total. The summed E-state index contributed by atoms with van der Waals surface area (Å²) in [4.78, 5) is 13.5. The lowest BCUT2D eigenvalue weighted by atomic mass is 10.2. The third-order valence-corrected chi connectivity index (χ3v) is 4.38. The number of hydrogen-bond donors (Lipinski definition) is 2. The molecule has 0 saturated heterocycles. The van der Waals surface area contributed by atoms with E-state index in [0.717, 1.165) is 11.5 Å². The summed E-state index contributed by atoms with van der Waals surface area (Å²) in [5.41, 5.74) is 6.40. The molecule has 2 aromatic heterocycles. The minimum absolute atomic E-state index is 0.108. The maximum atomic E-state index is 11.6. The molecule has 0 radical (unpaired) electrons. The zero-order valence-corrected chi connectivity index (χ0v) is 11.2. The number of thiophene rings is 2. The van der Waals surface area contributed by atoms with Gasteiger partial charge in [-0.2, -0.15) is 0 Å². The Morgan fingerprint density at radius 3 is 3.00 bits per heavy atom. The van der Waals surface area contributed by atoms with Crippen LogP contribution in [0.2, 0.25) is 0 Å². The third kappa shape index (κ3) is 2.87. The molecule has 2 rings (SSSR count). The predicted molar refractivity (Wildman–Crippen MR) is 75.0 cm³/mol. The Balaban J connectivity index is 2.05. The lowest BCUT2D eigenvalue weighted by Crippen LogP contribution is -1.96. The van der Waals surface area contributed by atoms with Gasteiger partial charge in [0, 0.05) is 11.3 Å². The third-order valence-electron chi connectivity index (χ3n) is 2.35. The smallest absolute Gasteiger partial charge is 0.174 e. The highest BCUT2D eigenvalue weighted by Crippen LogP contribution is 2.30. The van der Waals surface area contributed by atoms with Gasteiger partial charge in [0.05, 0.1) is 22.1 Å². The largest absolute Gasteiger partial charge is 0.397 e. The summed E-state index contributed by atoms with van der Waals surface area (Å²) < 4.78 is 0. The number of anilines is 2. The maximum Gasteiger partial charge on any atom is 0.174 e. The van der Waals surface area contributed by atoms with E-state index in [-0.39, 0.29) is 5.78 Å². The summed E-state index contributed by atoms with van der Waals surface area (Å²) in [6.07, 6.45) is 0.495. The van der Waals surface area contributed by atoms with Crippen LogP contribution in [-0.2, 0) is 6.54 Å². The van der Waals surface area contributed by atoms with E-state index in [4.69, 9.17) is 5.73 Å². The van der Waals surface area contributed by atoms with Crippen molar-refractivity contribution in [2.75, 3.05) is 11.1 Å². The van der Waals surface area contributed by atoms with Crippen molar-refractivity contribution in [2.24, 2.45) is 0 Å². The van der Waals surface area contributed by atoms with Crippen molar-refractivity contribution in [2.45, 2.75) is 19.9 Å². The molecule has 0 atom stereocenters. The fourth-order valence-corrected chi connectivity index (χ4v) is 3.09. The Kier molecular flexibility index (Phi) is 3.81. The van der Waals surface area contributed by atoms with Crippen molar-refractivity contribution >= 4 is 39.1 Å². The summed E-state index contributed by atoms with van der Waals surface area (Å²) in [5, 5.41) is 6.28. The van der Waals surface area contributed by atoms with Gasteiger partial charge in [0.2, 0.25) is 0 Å². The lowest BCUT2D eigenvalue weighted by molar-refractivity contribution is 0.0993. The van der Waals surface area contributed by atoms with Crippen LogP contribution in [0.5, 0.6) is 0 Å². The van der Waals surface area contributed by atoms with Gasteiger partial charge in [-0.25, -0.2) is 0 Å². The van der Waals surface area contributed by atoms with E-state index >= 15 is 0 Å². The number of rotatable bonds is 5. The summed E-state index contributed by atoms with van der Waals surface area (Å²) in [7, 11) is 0. The highest BCUT2D eigenvalue weighted by molar-refractivity contribution is 7.18. The second-order valence-electron chi connectivity index (χ2n) is 3.60. The van der Waals surface area contributed by atoms with E-state index in [2.05, 4.69) is 11.4 Å². The highest BCUT2D eigenvalue weighted by Gasteiger charge is 2.12. The zero-order chi connectivity index (χ0) is 12.3. The molecule has 0 bridgehead atoms. The van der Waals surface area contributed by atoms with E-state index in [1.165, 1.54) is 16.2 Å². The standard InChI is InChI=1S/C12H14N2OS2/c1-2-10(15)12-9(13)6-11(17-12)14-7-8-4-3-5-16-8/h3-6,14H,2,7,13H2,1H3. The monoisotopic (exact) mass is 266 g/mol. The number of carbonyl (C=O) groups excluding carboxylic acids is 1. The van der Waals surface area contributed by atoms with Crippen molar-refractivity contribution in [3.8, 4) is 0 Å². The second kappa shape index (κ2) is 5.33. The minimum atomic E-state index is 0.108. The van der Waals surface area contributed by atoms with E-state index in [1.54, 1.807) is 11.3 Å². The summed E-state index contributed by atoms with van der Waals surface area (Å²) >= 11 is 3.14. The van der Waals surface area contributed by atoms with Crippen molar-refractivity contribution in [1.29, 1.82) is 0 Å². The Bertz CT molecular complexity index is 503. The molecule has 17 heavy (non-hydrogen) atoms. The predicted octanol–water partition coefficient (Wildman–Crippen LogP) is 3.60. The molecule has 90 valence electrons. The van der Waals surface area contributed by atoms with Crippen LogP contribution >= 0.6 is 22.7 Å². The fourth-order valence-electron chi connectivity index (χ4n) is 1.46. The number of carbonyl (C=O) groups is 1. The topological polar surface area (TPSA) is 55.1 Å². The van der Waals surface area contributed by atoms with Crippen LogP contribution in [0.4, 0.5) is 10.7 Å². The van der Waals surface area contributed by atoms with Crippen molar-refractivity contribution in [3.63, 3.8) is 0 Å². The molecule has 0 spiro atoms. The van der Waals surface area contributed by atoms with E-state index in [9.17, 15) is 4.79 Å². The molecule has 5 heteroatoms. The van der Waals surface area contributed by atoms with Gasteiger partial charge in [0.15, 0.2) is 5.78 Å². The molecular formula is C12H14N2OS2. The van der Waals surface area contributed by atoms with Crippen LogP contribution in [0.15, 0.2) is 23.6 Å². The first-order valence-corrected chi connectivity index (χ1v) is 7.09. The van der Waals surface area contributed by atoms with Gasteiger partial charge in [-0.15, -0.1) is 22.7 Å². The van der Waals surface area contributed by atoms with Crippen molar-refractivity contribution in [1.82, 2.24) is 0 Å². The molecule has 2 aromatic rings. The van der Waals surface area contributed by atoms with Crippen LogP contribution in [0.25, 0.3) is 0 Å². The van der Waals surface area contributed by atoms with E-state index in [0.29, 0.717) is 17.0 Å². The zero-order valence-electron chi connectivity index (χ0n) is 9.53. The van der Waals surface area contributed by atoms with Gasteiger partial charge in [-0.3, -0.25) is 4.79 Å². The molecule has 3 N–H and O–H groups in total. The molecule has 0 unspecified atom stereocenters. The SMILES string of the molecule is CCC(=O)c1sc(NCc2cccs2)cc1N. The van der Waals surface area contributed by atoms with E-state index in [1.807, 2.05) is 24.4 Å². The molecule has 0 fully saturated rings. The average molecular weight is 266 g/mol. The quantitative estimate of drug-likeness (QED) is 0.813. The average Bonchev–Trinajstić information content (AvgIpc) is 2.94. The second-order valence-corrected chi connectivity index (χ2v) is 5.69. The molecule has 2 heterocycles. The molecular weight excluding hydrogens is 252 g/mol. The normalized spacial score (nSPS) is 10.4. The fraction of sp³-hybridized carbons (Fsp3) is 0.250. The lowest BCUT2D eigenvalue weighted by Gasteiger charge is -1.99. The van der Waals surface area contributed by atoms with Crippen LogP contribution < -0.4 is 11.1 Å². The minimum Gasteiger partial charge on any atom is -0.397 e.